The molecular weight excluding hydrogens is 410 g/mol. The van der Waals surface area contributed by atoms with Crippen molar-refractivity contribution in [3.63, 3.8) is 0 Å². The summed E-state index contributed by atoms with van der Waals surface area (Å²) in [6.45, 7) is 1.35. The second kappa shape index (κ2) is 7.72. The molecule has 4 rings (SSSR count). The average molecular weight is 428 g/mol. The summed E-state index contributed by atoms with van der Waals surface area (Å²) in [5, 5.41) is 3.48. The predicted molar refractivity (Wildman–Crippen MR) is 113 cm³/mol. The van der Waals surface area contributed by atoms with Crippen molar-refractivity contribution in [3.05, 3.63) is 70.2 Å². The molecule has 0 spiro atoms. The highest BCUT2D eigenvalue weighted by Crippen LogP contribution is 2.39. The van der Waals surface area contributed by atoms with Gasteiger partial charge in [0.1, 0.15) is 6.61 Å². The molecule has 0 saturated heterocycles. The summed E-state index contributed by atoms with van der Waals surface area (Å²) >= 11 is 5.41. The summed E-state index contributed by atoms with van der Waals surface area (Å²) < 4.78 is 12.6. The van der Waals surface area contributed by atoms with Crippen LogP contribution in [0.1, 0.15) is 11.1 Å². The van der Waals surface area contributed by atoms with Crippen molar-refractivity contribution in [2.24, 2.45) is 4.99 Å². The first kappa shape index (κ1) is 17.4. The Kier molecular flexibility index (Phi) is 5.18. The first-order chi connectivity index (χ1) is 12.8. The van der Waals surface area contributed by atoms with Gasteiger partial charge in [-0.05, 0) is 44.4 Å². The predicted octanol–water partition coefficient (Wildman–Crippen LogP) is 5.68. The number of benzene rings is 3. The molecular formula is C21H18BrNO2S. The molecule has 0 saturated carbocycles. The Morgan fingerprint density at radius 1 is 1.12 bits per heavy atom. The molecule has 3 aromatic rings. The highest BCUT2D eigenvalue weighted by molar-refractivity contribution is 9.10. The van der Waals surface area contributed by atoms with Crippen LogP contribution in [0, 0.1) is 0 Å². The van der Waals surface area contributed by atoms with E-state index in [0.717, 1.165) is 32.9 Å². The average Bonchev–Trinajstić information content (AvgIpc) is 3.21. The maximum atomic E-state index is 6.15. The maximum absolute atomic E-state index is 6.15. The van der Waals surface area contributed by atoms with Crippen LogP contribution in [-0.2, 0) is 6.61 Å². The van der Waals surface area contributed by atoms with Crippen LogP contribution in [-0.4, -0.2) is 24.5 Å². The molecule has 0 N–H and O–H groups in total. The van der Waals surface area contributed by atoms with Gasteiger partial charge in [-0.15, -0.1) is 11.8 Å². The van der Waals surface area contributed by atoms with Gasteiger partial charge in [-0.25, -0.2) is 0 Å². The lowest BCUT2D eigenvalue weighted by molar-refractivity contribution is 0.283. The Bertz CT molecular complexity index is 982. The van der Waals surface area contributed by atoms with Crippen LogP contribution in [0.4, 0.5) is 0 Å². The third kappa shape index (κ3) is 3.46. The molecule has 0 bridgehead atoms. The van der Waals surface area contributed by atoms with Gasteiger partial charge in [0.25, 0.3) is 0 Å². The molecule has 0 aliphatic carbocycles. The topological polar surface area (TPSA) is 30.8 Å². The summed E-state index contributed by atoms with van der Waals surface area (Å²) in [7, 11) is 1.67. The van der Waals surface area contributed by atoms with Crippen LogP contribution >= 0.6 is 27.7 Å². The van der Waals surface area contributed by atoms with Crippen LogP contribution in [0.2, 0.25) is 0 Å². The van der Waals surface area contributed by atoms with Gasteiger partial charge in [0.2, 0.25) is 0 Å². The van der Waals surface area contributed by atoms with E-state index in [9.17, 15) is 0 Å². The fourth-order valence-corrected chi connectivity index (χ4v) is 4.46. The molecule has 3 nitrogen and oxygen atoms in total. The first-order valence-corrected chi connectivity index (χ1v) is 10.2. The fraction of sp³-hybridized carbons (Fsp3) is 0.190. The molecule has 0 aromatic heterocycles. The van der Waals surface area contributed by atoms with E-state index in [-0.39, 0.29) is 0 Å². The quantitative estimate of drug-likeness (QED) is 0.524. The summed E-state index contributed by atoms with van der Waals surface area (Å²) in [6.07, 6.45) is 0. The molecule has 1 heterocycles. The van der Waals surface area contributed by atoms with Gasteiger partial charge in [0.15, 0.2) is 11.5 Å². The van der Waals surface area contributed by atoms with Gasteiger partial charge in [0.05, 0.1) is 16.6 Å². The Hall–Kier alpha value is -1.98. The number of halogens is 1. The van der Waals surface area contributed by atoms with Gasteiger partial charge in [0, 0.05) is 17.9 Å². The van der Waals surface area contributed by atoms with E-state index < -0.39 is 0 Å². The van der Waals surface area contributed by atoms with Crippen molar-refractivity contribution < 1.29 is 9.47 Å². The SMILES string of the molecule is COc1cc(C2=NCCS2)cc(Br)c1OCc1cccc2ccccc12. The van der Waals surface area contributed by atoms with Crippen LogP contribution in [0.25, 0.3) is 10.8 Å². The van der Waals surface area contributed by atoms with Crippen molar-refractivity contribution >= 4 is 43.5 Å². The Morgan fingerprint density at radius 3 is 2.77 bits per heavy atom. The molecule has 132 valence electrons. The van der Waals surface area contributed by atoms with E-state index in [0.29, 0.717) is 18.1 Å². The van der Waals surface area contributed by atoms with E-state index in [1.54, 1.807) is 18.9 Å². The number of aliphatic imine (C=N–C) groups is 1. The molecule has 0 amide bonds. The summed E-state index contributed by atoms with van der Waals surface area (Å²) in [5.41, 5.74) is 2.21. The molecule has 3 aromatic carbocycles. The maximum Gasteiger partial charge on any atom is 0.175 e. The Labute approximate surface area is 165 Å². The van der Waals surface area contributed by atoms with Crippen molar-refractivity contribution in [1.29, 1.82) is 0 Å². The molecule has 5 heteroatoms. The van der Waals surface area contributed by atoms with Crippen LogP contribution in [0.3, 0.4) is 0 Å². The van der Waals surface area contributed by atoms with Gasteiger partial charge < -0.3 is 9.47 Å². The molecule has 0 atom stereocenters. The van der Waals surface area contributed by atoms with Crippen molar-refractivity contribution in [2.45, 2.75) is 6.61 Å². The standard InChI is InChI=1S/C21H18BrNO2S/c1-24-19-12-16(21-23-9-10-26-21)11-18(22)20(19)25-13-15-7-4-6-14-5-2-3-8-17(14)15/h2-8,11-12H,9-10,13H2,1H3. The number of ether oxygens (including phenoxy) is 2. The van der Waals surface area contributed by atoms with E-state index in [2.05, 4.69) is 69.5 Å². The van der Waals surface area contributed by atoms with E-state index >= 15 is 0 Å². The zero-order valence-electron chi connectivity index (χ0n) is 14.4. The smallest absolute Gasteiger partial charge is 0.175 e. The number of rotatable bonds is 5. The van der Waals surface area contributed by atoms with Gasteiger partial charge >= 0.3 is 0 Å². The lowest BCUT2D eigenvalue weighted by Gasteiger charge is -2.15. The van der Waals surface area contributed by atoms with Crippen LogP contribution in [0.5, 0.6) is 11.5 Å². The lowest BCUT2D eigenvalue weighted by atomic mass is 10.1. The summed E-state index contributed by atoms with van der Waals surface area (Å²) in [4.78, 5) is 4.54. The highest BCUT2D eigenvalue weighted by atomic mass is 79.9. The molecule has 0 fully saturated rings. The number of thioether (sulfide) groups is 1. The molecule has 1 aliphatic heterocycles. The molecule has 26 heavy (non-hydrogen) atoms. The Morgan fingerprint density at radius 2 is 1.96 bits per heavy atom. The zero-order chi connectivity index (χ0) is 17.9. The monoisotopic (exact) mass is 427 g/mol. The van der Waals surface area contributed by atoms with E-state index in [1.165, 1.54) is 10.8 Å². The van der Waals surface area contributed by atoms with E-state index in [4.69, 9.17) is 9.47 Å². The van der Waals surface area contributed by atoms with Gasteiger partial charge in [-0.2, -0.15) is 0 Å². The fourth-order valence-electron chi connectivity index (χ4n) is 3.06. The second-order valence-corrected chi connectivity index (χ2v) is 7.89. The van der Waals surface area contributed by atoms with Crippen molar-refractivity contribution in [3.8, 4) is 11.5 Å². The minimum atomic E-state index is 0.478. The molecule has 0 radical (unpaired) electrons. The van der Waals surface area contributed by atoms with Crippen molar-refractivity contribution in [1.82, 2.24) is 0 Å². The third-order valence-corrected chi connectivity index (χ3v) is 5.93. The van der Waals surface area contributed by atoms with Gasteiger partial charge in [-0.3, -0.25) is 4.99 Å². The minimum absolute atomic E-state index is 0.478. The summed E-state index contributed by atoms with van der Waals surface area (Å²) in [6, 6.07) is 18.7. The molecule has 1 aliphatic rings. The number of fused-ring (bicyclic) bond motifs is 1. The number of hydrogen-bond acceptors (Lipinski definition) is 4. The second-order valence-electron chi connectivity index (χ2n) is 5.95. The summed E-state index contributed by atoms with van der Waals surface area (Å²) in [5.74, 6) is 2.46. The zero-order valence-corrected chi connectivity index (χ0v) is 16.8. The largest absolute Gasteiger partial charge is 0.493 e. The normalized spacial score (nSPS) is 13.7. The first-order valence-electron chi connectivity index (χ1n) is 8.41. The molecule has 0 unspecified atom stereocenters. The van der Waals surface area contributed by atoms with Gasteiger partial charge in [-0.1, -0.05) is 42.5 Å². The van der Waals surface area contributed by atoms with Crippen molar-refractivity contribution in [2.75, 3.05) is 19.4 Å². The van der Waals surface area contributed by atoms with Crippen LogP contribution < -0.4 is 9.47 Å². The number of methoxy groups -OCH3 is 1. The third-order valence-electron chi connectivity index (χ3n) is 4.31. The van der Waals surface area contributed by atoms with Crippen LogP contribution in [0.15, 0.2) is 64.1 Å². The lowest BCUT2D eigenvalue weighted by Crippen LogP contribution is -2.01. The highest BCUT2D eigenvalue weighted by Gasteiger charge is 2.17. The Balaban J connectivity index is 1.63. The number of hydrogen-bond donors (Lipinski definition) is 0. The van der Waals surface area contributed by atoms with E-state index in [1.807, 2.05) is 6.07 Å². The minimum Gasteiger partial charge on any atom is -0.493 e. The number of nitrogens with zero attached hydrogens (tertiary/aromatic N) is 1.